The number of carbonyl (C=O) groups excluding carboxylic acids is 2. The second kappa shape index (κ2) is 13.6. The van der Waals surface area contributed by atoms with Crippen molar-refractivity contribution in [3.63, 3.8) is 0 Å². The van der Waals surface area contributed by atoms with Crippen LogP contribution in [0.2, 0.25) is 0 Å². The Bertz CT molecular complexity index is 1510. The standard InChI is InChI=1S/C32H36F3N3O3S/c1-3-9-24-16-26(20-28(18-24)38-14-8-15-42(38,2)41)31(40)37-29(19-23-10-5-4-6-11-23)30(39)22-36-21-25-12-7-13-27(17-25)32(33,34)35/h4-7,10-13,16-18,20,29,36H,2-3,8-9,14-15,19,21-22H2,1H3,(H,37,40). The molecule has 1 aliphatic heterocycles. The van der Waals surface area contributed by atoms with Crippen molar-refractivity contribution in [3.05, 3.63) is 101 Å². The quantitative estimate of drug-likeness (QED) is 0.281. The summed E-state index contributed by atoms with van der Waals surface area (Å²) in [5.74, 6) is 3.67. The van der Waals surface area contributed by atoms with Crippen LogP contribution in [0.5, 0.6) is 0 Å². The van der Waals surface area contributed by atoms with Crippen molar-refractivity contribution in [2.75, 3.05) is 23.1 Å². The molecule has 1 fully saturated rings. The fourth-order valence-electron chi connectivity index (χ4n) is 5.06. The zero-order chi connectivity index (χ0) is 30.3. The van der Waals surface area contributed by atoms with Gasteiger partial charge in [0.15, 0.2) is 5.78 Å². The fourth-order valence-corrected chi connectivity index (χ4v) is 6.81. The summed E-state index contributed by atoms with van der Waals surface area (Å²) in [7, 11) is -2.46. The lowest BCUT2D eigenvalue weighted by molar-refractivity contribution is -0.137. The lowest BCUT2D eigenvalue weighted by Crippen LogP contribution is -2.46. The molecule has 1 amide bonds. The van der Waals surface area contributed by atoms with Crippen LogP contribution in [0.1, 0.15) is 52.4 Å². The third-order valence-electron chi connectivity index (χ3n) is 7.15. The van der Waals surface area contributed by atoms with Crippen molar-refractivity contribution in [2.24, 2.45) is 0 Å². The highest BCUT2D eigenvalue weighted by atomic mass is 32.2. The number of ketones is 1. The second-order valence-electron chi connectivity index (χ2n) is 10.6. The molecule has 2 unspecified atom stereocenters. The molecule has 2 atom stereocenters. The van der Waals surface area contributed by atoms with Gasteiger partial charge in [0.1, 0.15) is 0 Å². The number of nitrogens with zero attached hydrogens (tertiary/aromatic N) is 1. The van der Waals surface area contributed by atoms with Gasteiger partial charge in [-0.25, -0.2) is 4.21 Å². The van der Waals surface area contributed by atoms with Crippen LogP contribution in [0.25, 0.3) is 0 Å². The van der Waals surface area contributed by atoms with Crippen LogP contribution < -0.4 is 14.9 Å². The number of hydrogen-bond acceptors (Lipinski definition) is 4. The van der Waals surface area contributed by atoms with Crippen LogP contribution in [0.3, 0.4) is 0 Å². The molecule has 0 spiro atoms. The predicted octanol–water partition coefficient (Wildman–Crippen LogP) is 5.20. The van der Waals surface area contributed by atoms with Gasteiger partial charge in [0.25, 0.3) is 5.91 Å². The van der Waals surface area contributed by atoms with E-state index in [0.717, 1.165) is 42.5 Å². The van der Waals surface area contributed by atoms with E-state index in [9.17, 15) is 27.0 Å². The Hall–Kier alpha value is -3.63. The number of carbonyl (C=O) groups is 2. The van der Waals surface area contributed by atoms with Gasteiger partial charge in [0.05, 0.1) is 18.2 Å². The highest BCUT2D eigenvalue weighted by molar-refractivity contribution is 8.01. The van der Waals surface area contributed by atoms with E-state index >= 15 is 0 Å². The maximum atomic E-state index is 13.6. The number of halogens is 3. The number of benzene rings is 3. The minimum absolute atomic E-state index is 0.0598. The van der Waals surface area contributed by atoms with Crippen molar-refractivity contribution in [1.29, 1.82) is 0 Å². The van der Waals surface area contributed by atoms with E-state index in [0.29, 0.717) is 29.1 Å². The number of nitrogens with one attached hydrogen (secondary N) is 2. The zero-order valence-electron chi connectivity index (χ0n) is 23.6. The van der Waals surface area contributed by atoms with Crippen molar-refractivity contribution < 1.29 is 27.0 Å². The summed E-state index contributed by atoms with van der Waals surface area (Å²) in [6, 6.07) is 18.8. The van der Waals surface area contributed by atoms with Crippen LogP contribution in [0.15, 0.2) is 72.8 Å². The number of Topliss-reactive ketones (excluding diaryl/α,β-unsaturated/α-hetero) is 1. The maximum Gasteiger partial charge on any atom is 0.416 e. The van der Waals surface area contributed by atoms with Gasteiger partial charge in [0.2, 0.25) is 0 Å². The summed E-state index contributed by atoms with van der Waals surface area (Å²) in [6.07, 6.45) is -1.87. The molecule has 224 valence electrons. The smallest absolute Gasteiger partial charge is 0.342 e. The van der Waals surface area contributed by atoms with Gasteiger partial charge in [-0.2, -0.15) is 13.2 Å². The average Bonchev–Trinajstić information content (AvgIpc) is 3.31. The monoisotopic (exact) mass is 599 g/mol. The Morgan fingerprint density at radius 2 is 1.74 bits per heavy atom. The predicted molar refractivity (Wildman–Crippen MR) is 162 cm³/mol. The lowest BCUT2D eigenvalue weighted by atomic mass is 10.0. The molecular formula is C32H36F3N3O3S. The highest BCUT2D eigenvalue weighted by Gasteiger charge is 2.30. The molecule has 3 aromatic rings. The first kappa shape index (κ1) is 31.3. The van der Waals surface area contributed by atoms with Gasteiger partial charge < -0.3 is 10.6 Å². The number of amides is 1. The molecule has 0 saturated carbocycles. The highest BCUT2D eigenvalue weighted by Crippen LogP contribution is 2.30. The molecular weight excluding hydrogens is 563 g/mol. The van der Waals surface area contributed by atoms with Gasteiger partial charge in [-0.1, -0.05) is 61.9 Å². The van der Waals surface area contributed by atoms with Gasteiger partial charge in [-0.05, 0) is 66.1 Å². The van der Waals surface area contributed by atoms with E-state index in [1.807, 2.05) is 43.3 Å². The third-order valence-corrected chi connectivity index (χ3v) is 9.28. The molecule has 0 aromatic heterocycles. The molecule has 1 heterocycles. The first-order chi connectivity index (χ1) is 20.0. The number of aryl methyl sites for hydroxylation is 1. The molecule has 4 rings (SSSR count). The van der Waals surface area contributed by atoms with E-state index in [-0.39, 0.29) is 25.3 Å². The van der Waals surface area contributed by atoms with Crippen LogP contribution >= 0.6 is 0 Å². The van der Waals surface area contributed by atoms with E-state index in [2.05, 4.69) is 16.5 Å². The summed E-state index contributed by atoms with van der Waals surface area (Å²) >= 11 is 0. The SMILES string of the molecule is C=S1(=O)CCCN1c1cc(CCC)cc(C(=O)NC(Cc2ccccc2)C(=O)CNCc2cccc(C(F)(F)F)c2)c1. The minimum Gasteiger partial charge on any atom is -0.342 e. The molecule has 2 N–H and O–H groups in total. The van der Waals surface area contributed by atoms with Crippen molar-refractivity contribution in [2.45, 2.75) is 51.4 Å². The molecule has 42 heavy (non-hydrogen) atoms. The topological polar surface area (TPSA) is 78.5 Å². The Morgan fingerprint density at radius 3 is 2.40 bits per heavy atom. The van der Waals surface area contributed by atoms with Crippen LogP contribution in [-0.4, -0.2) is 46.7 Å². The maximum absolute atomic E-state index is 13.6. The molecule has 0 bridgehead atoms. The Kier molecular flexibility index (Phi) is 10.1. The molecule has 6 nitrogen and oxygen atoms in total. The van der Waals surface area contributed by atoms with Gasteiger partial charge >= 0.3 is 6.18 Å². The Balaban J connectivity index is 1.52. The number of hydrogen-bond donors (Lipinski definition) is 2. The van der Waals surface area contributed by atoms with Crippen LogP contribution in [-0.2, 0) is 40.1 Å². The molecule has 1 aliphatic rings. The summed E-state index contributed by atoms with van der Waals surface area (Å²) in [4.78, 5) is 26.9. The van der Waals surface area contributed by atoms with E-state index in [4.69, 9.17) is 0 Å². The average molecular weight is 600 g/mol. The van der Waals surface area contributed by atoms with Crippen LogP contribution in [0.4, 0.5) is 18.9 Å². The van der Waals surface area contributed by atoms with Crippen molar-refractivity contribution >= 4 is 33.0 Å². The summed E-state index contributed by atoms with van der Waals surface area (Å²) in [5, 5.41) is 5.81. The minimum atomic E-state index is -4.45. The molecule has 3 aromatic carbocycles. The number of anilines is 1. The molecule has 0 radical (unpaired) electrons. The van der Waals surface area contributed by atoms with Gasteiger partial charge in [-0.15, -0.1) is 0 Å². The number of rotatable bonds is 12. The van der Waals surface area contributed by atoms with Gasteiger partial charge in [-0.3, -0.25) is 13.9 Å². The molecule has 0 aliphatic carbocycles. The summed E-state index contributed by atoms with van der Waals surface area (Å²) in [5.41, 5.74) is 2.46. The van der Waals surface area contributed by atoms with E-state index in [1.165, 1.54) is 6.07 Å². The fraction of sp³-hybridized carbons (Fsp3) is 0.344. The lowest BCUT2D eigenvalue weighted by Gasteiger charge is -2.23. The largest absolute Gasteiger partial charge is 0.416 e. The van der Waals surface area contributed by atoms with Crippen LogP contribution in [0, 0.1) is 0 Å². The first-order valence-electron chi connectivity index (χ1n) is 14.0. The summed E-state index contributed by atoms with van der Waals surface area (Å²) in [6.45, 7) is 2.54. The third kappa shape index (κ3) is 8.23. The number of alkyl halides is 3. The van der Waals surface area contributed by atoms with E-state index in [1.54, 1.807) is 22.5 Å². The first-order valence-corrected chi connectivity index (χ1v) is 15.8. The second-order valence-corrected chi connectivity index (χ2v) is 12.9. The normalized spacial score (nSPS) is 17.7. The Morgan fingerprint density at radius 1 is 1.00 bits per heavy atom. The van der Waals surface area contributed by atoms with Crippen molar-refractivity contribution in [3.8, 4) is 0 Å². The van der Waals surface area contributed by atoms with Crippen molar-refractivity contribution in [1.82, 2.24) is 10.6 Å². The molecule has 10 heteroatoms. The molecule has 1 saturated heterocycles. The zero-order valence-corrected chi connectivity index (χ0v) is 24.4. The summed E-state index contributed by atoms with van der Waals surface area (Å²) < 4.78 is 54.0. The van der Waals surface area contributed by atoms with Gasteiger partial charge in [0, 0.05) is 39.8 Å². The Labute approximate surface area is 245 Å². The van der Waals surface area contributed by atoms with E-state index < -0.39 is 33.4 Å².